The number of hydrogen-bond acceptors (Lipinski definition) is 2. The maximum absolute atomic E-state index is 10.7. The molecule has 2 aromatic carbocycles. The van der Waals surface area contributed by atoms with E-state index >= 15 is 0 Å². The summed E-state index contributed by atoms with van der Waals surface area (Å²) in [5.41, 5.74) is 5.25. The van der Waals surface area contributed by atoms with E-state index in [-0.39, 0.29) is 23.3 Å². The zero-order valence-corrected chi connectivity index (χ0v) is 15.7. The Balaban J connectivity index is 1.87. The average Bonchev–Trinajstić information content (AvgIpc) is 2.60. The highest BCUT2D eigenvalue weighted by Gasteiger charge is 2.30. The van der Waals surface area contributed by atoms with Gasteiger partial charge >= 0.3 is 0 Å². The molecule has 0 unspecified atom stereocenters. The van der Waals surface area contributed by atoms with E-state index < -0.39 is 0 Å². The molecule has 2 nitrogen and oxygen atoms in total. The number of aryl methyl sites for hydroxylation is 2. The molecule has 3 rings (SSSR count). The molecule has 0 aromatic heterocycles. The van der Waals surface area contributed by atoms with Gasteiger partial charge in [-0.05, 0) is 68.7 Å². The fourth-order valence-electron chi connectivity index (χ4n) is 4.01. The van der Waals surface area contributed by atoms with Crippen molar-refractivity contribution in [3.8, 4) is 11.5 Å². The van der Waals surface area contributed by atoms with Crippen LogP contribution in [0.25, 0.3) is 0 Å². The number of hydrogen-bond donors (Lipinski definition) is 2. The van der Waals surface area contributed by atoms with Crippen molar-refractivity contribution in [3.05, 3.63) is 83.0 Å². The molecular formula is C24H28O2. The first kappa shape index (κ1) is 18.3. The van der Waals surface area contributed by atoms with Crippen LogP contribution in [0.3, 0.4) is 0 Å². The van der Waals surface area contributed by atoms with Gasteiger partial charge < -0.3 is 10.2 Å². The first-order chi connectivity index (χ1) is 12.5. The van der Waals surface area contributed by atoms with Gasteiger partial charge in [-0.25, -0.2) is 0 Å². The van der Waals surface area contributed by atoms with E-state index in [1.807, 2.05) is 37.3 Å². The molecule has 26 heavy (non-hydrogen) atoms. The van der Waals surface area contributed by atoms with Gasteiger partial charge in [-0.1, -0.05) is 54.1 Å². The van der Waals surface area contributed by atoms with Crippen LogP contribution >= 0.6 is 0 Å². The van der Waals surface area contributed by atoms with E-state index in [4.69, 9.17) is 0 Å². The van der Waals surface area contributed by atoms with Gasteiger partial charge in [-0.15, -0.1) is 0 Å². The molecule has 0 saturated heterocycles. The summed E-state index contributed by atoms with van der Waals surface area (Å²) in [7, 11) is 0. The Kier molecular flexibility index (Phi) is 5.51. The summed E-state index contributed by atoms with van der Waals surface area (Å²) in [6.45, 7) is 8.28. The standard InChI is InChI=1S/C24H28O2/c1-16(2)20-12-9-17(3)13-21(20)24-22(25)14-19(15-23(24)26)11-10-18-7-5-4-6-8-18/h4-8,13-15,20-21,25-26H,1,9-12H2,2-3H3/t20-,21-/m1/s1. The summed E-state index contributed by atoms with van der Waals surface area (Å²) in [6.07, 6.45) is 5.91. The van der Waals surface area contributed by atoms with Gasteiger partial charge in [0.2, 0.25) is 0 Å². The molecule has 1 aliphatic carbocycles. The van der Waals surface area contributed by atoms with Crippen LogP contribution < -0.4 is 0 Å². The normalized spacial score (nSPS) is 19.8. The summed E-state index contributed by atoms with van der Waals surface area (Å²) < 4.78 is 0. The summed E-state index contributed by atoms with van der Waals surface area (Å²) in [4.78, 5) is 0. The molecule has 2 N–H and O–H groups in total. The van der Waals surface area contributed by atoms with Crippen molar-refractivity contribution in [2.45, 2.75) is 45.4 Å². The quantitative estimate of drug-likeness (QED) is 0.661. The van der Waals surface area contributed by atoms with Crippen molar-refractivity contribution < 1.29 is 10.2 Å². The zero-order valence-electron chi connectivity index (χ0n) is 15.7. The molecule has 0 radical (unpaired) electrons. The molecule has 2 atom stereocenters. The van der Waals surface area contributed by atoms with Gasteiger partial charge in [0.25, 0.3) is 0 Å². The predicted molar refractivity (Wildman–Crippen MR) is 108 cm³/mol. The van der Waals surface area contributed by atoms with Crippen LogP contribution in [0.15, 0.2) is 66.3 Å². The summed E-state index contributed by atoms with van der Waals surface area (Å²) >= 11 is 0. The monoisotopic (exact) mass is 348 g/mol. The number of aromatic hydroxyl groups is 2. The minimum Gasteiger partial charge on any atom is -0.507 e. The van der Waals surface area contributed by atoms with E-state index in [0.29, 0.717) is 5.56 Å². The number of benzene rings is 2. The van der Waals surface area contributed by atoms with Crippen LogP contribution in [0.2, 0.25) is 0 Å². The third-order valence-corrected chi connectivity index (χ3v) is 5.45. The molecule has 2 aromatic rings. The highest BCUT2D eigenvalue weighted by atomic mass is 16.3. The summed E-state index contributed by atoms with van der Waals surface area (Å²) in [5, 5.41) is 21.4. The van der Waals surface area contributed by atoms with Crippen molar-refractivity contribution in [1.29, 1.82) is 0 Å². The van der Waals surface area contributed by atoms with Crippen LogP contribution in [-0.2, 0) is 12.8 Å². The van der Waals surface area contributed by atoms with E-state index in [1.54, 1.807) is 0 Å². The third kappa shape index (κ3) is 4.01. The average molecular weight is 348 g/mol. The smallest absolute Gasteiger partial charge is 0.123 e. The second kappa shape index (κ2) is 7.82. The van der Waals surface area contributed by atoms with Crippen molar-refractivity contribution in [2.24, 2.45) is 5.92 Å². The van der Waals surface area contributed by atoms with E-state index in [1.165, 1.54) is 11.1 Å². The highest BCUT2D eigenvalue weighted by molar-refractivity contribution is 5.52. The number of allylic oxidation sites excluding steroid dienone is 3. The van der Waals surface area contributed by atoms with Crippen LogP contribution in [0.4, 0.5) is 0 Å². The lowest BCUT2D eigenvalue weighted by Crippen LogP contribution is -2.17. The molecule has 0 bridgehead atoms. The maximum atomic E-state index is 10.7. The molecule has 0 spiro atoms. The van der Waals surface area contributed by atoms with Gasteiger partial charge in [-0.3, -0.25) is 0 Å². The van der Waals surface area contributed by atoms with E-state index in [9.17, 15) is 10.2 Å². The second-order valence-corrected chi connectivity index (χ2v) is 7.56. The predicted octanol–water partition coefficient (Wildman–Crippen LogP) is 5.90. The minimum atomic E-state index is -0.00979. The molecule has 0 saturated carbocycles. The SMILES string of the molecule is C=C(C)[C@H]1CCC(C)=C[C@H]1c1c(O)cc(CCc2ccccc2)cc1O. The van der Waals surface area contributed by atoms with Crippen molar-refractivity contribution >= 4 is 0 Å². The highest BCUT2D eigenvalue weighted by Crippen LogP contribution is 2.46. The summed E-state index contributed by atoms with van der Waals surface area (Å²) in [6, 6.07) is 13.9. The zero-order chi connectivity index (χ0) is 18.7. The van der Waals surface area contributed by atoms with Crippen LogP contribution in [0, 0.1) is 5.92 Å². The molecule has 0 heterocycles. The lowest BCUT2D eigenvalue weighted by atomic mass is 9.73. The Bertz CT molecular complexity index is 794. The molecule has 136 valence electrons. The van der Waals surface area contributed by atoms with Gasteiger partial charge in [0.15, 0.2) is 0 Å². The Morgan fingerprint density at radius 1 is 1.04 bits per heavy atom. The number of rotatable bonds is 5. The first-order valence-corrected chi connectivity index (χ1v) is 9.37. The third-order valence-electron chi connectivity index (χ3n) is 5.45. The fourth-order valence-corrected chi connectivity index (χ4v) is 4.01. The first-order valence-electron chi connectivity index (χ1n) is 9.37. The van der Waals surface area contributed by atoms with Crippen molar-refractivity contribution in [3.63, 3.8) is 0 Å². The Morgan fingerprint density at radius 3 is 2.27 bits per heavy atom. The molecule has 0 aliphatic heterocycles. The lowest BCUT2D eigenvalue weighted by molar-refractivity contribution is 0.406. The molecule has 2 heteroatoms. The van der Waals surface area contributed by atoms with Crippen molar-refractivity contribution in [2.75, 3.05) is 0 Å². The van der Waals surface area contributed by atoms with E-state index in [0.717, 1.165) is 36.8 Å². The molecule has 0 fully saturated rings. The fraction of sp³-hybridized carbons (Fsp3) is 0.333. The molecule has 0 amide bonds. The lowest BCUT2D eigenvalue weighted by Gasteiger charge is -2.31. The maximum Gasteiger partial charge on any atom is 0.123 e. The summed E-state index contributed by atoms with van der Waals surface area (Å²) in [5.74, 6) is 0.626. The number of phenols is 2. The van der Waals surface area contributed by atoms with Crippen LogP contribution in [-0.4, -0.2) is 10.2 Å². The van der Waals surface area contributed by atoms with Gasteiger partial charge in [0.05, 0.1) is 0 Å². The second-order valence-electron chi connectivity index (χ2n) is 7.56. The Morgan fingerprint density at radius 2 is 1.65 bits per heavy atom. The number of phenolic OH excluding ortho intramolecular Hbond substituents is 2. The van der Waals surface area contributed by atoms with Gasteiger partial charge in [-0.2, -0.15) is 0 Å². The van der Waals surface area contributed by atoms with Crippen LogP contribution in [0.1, 0.15) is 49.3 Å². The Labute approximate surface area is 156 Å². The Hall–Kier alpha value is -2.48. The minimum absolute atomic E-state index is 0.00979. The molecular weight excluding hydrogens is 320 g/mol. The van der Waals surface area contributed by atoms with Crippen LogP contribution in [0.5, 0.6) is 11.5 Å². The van der Waals surface area contributed by atoms with Gasteiger partial charge in [0, 0.05) is 11.5 Å². The van der Waals surface area contributed by atoms with Gasteiger partial charge in [0.1, 0.15) is 11.5 Å². The molecule has 1 aliphatic rings. The largest absolute Gasteiger partial charge is 0.507 e. The topological polar surface area (TPSA) is 40.5 Å². The van der Waals surface area contributed by atoms with E-state index in [2.05, 4.69) is 31.7 Å². The van der Waals surface area contributed by atoms with Crippen molar-refractivity contribution in [1.82, 2.24) is 0 Å².